The minimum Gasteiger partial charge on any atom is -0.300 e. The van der Waals surface area contributed by atoms with Crippen LogP contribution in [0.2, 0.25) is 0 Å². The minimum absolute atomic E-state index is 0.322. The second-order valence-electron chi connectivity index (χ2n) is 5.48. The van der Waals surface area contributed by atoms with E-state index in [1.165, 1.54) is 11.1 Å². The lowest BCUT2D eigenvalue weighted by atomic mass is 9.75. The molecule has 1 aliphatic heterocycles. The summed E-state index contributed by atoms with van der Waals surface area (Å²) in [5.74, 6) is 0.343. The van der Waals surface area contributed by atoms with E-state index in [1.807, 2.05) is 36.4 Å². The molecule has 0 saturated carbocycles. The van der Waals surface area contributed by atoms with E-state index >= 15 is 0 Å². The first kappa shape index (κ1) is 13.1. The molecule has 1 aliphatic rings. The predicted molar refractivity (Wildman–Crippen MR) is 80.5 cm³/mol. The first-order chi connectivity index (χ1) is 9.73. The highest BCUT2D eigenvalue weighted by atomic mass is 16.1. The van der Waals surface area contributed by atoms with Crippen LogP contribution < -0.4 is 0 Å². The molecule has 2 nitrogen and oxygen atoms in total. The van der Waals surface area contributed by atoms with Gasteiger partial charge in [-0.25, -0.2) is 0 Å². The Hall–Kier alpha value is -1.93. The maximum absolute atomic E-state index is 12.1. The van der Waals surface area contributed by atoms with Crippen molar-refractivity contribution < 1.29 is 4.79 Å². The molecule has 20 heavy (non-hydrogen) atoms. The number of piperidine rings is 1. The van der Waals surface area contributed by atoms with Crippen LogP contribution in [-0.2, 0) is 10.3 Å². The van der Waals surface area contributed by atoms with Crippen LogP contribution in [-0.4, -0.2) is 24.3 Å². The summed E-state index contributed by atoms with van der Waals surface area (Å²) in [6.45, 7) is 0.808. The Morgan fingerprint density at radius 2 is 1.40 bits per heavy atom. The van der Waals surface area contributed by atoms with Gasteiger partial charge in [-0.05, 0) is 18.2 Å². The van der Waals surface area contributed by atoms with Crippen LogP contribution in [0.15, 0.2) is 60.7 Å². The highest BCUT2D eigenvalue weighted by Crippen LogP contribution is 2.41. The highest BCUT2D eigenvalue weighted by molar-refractivity contribution is 5.82. The Kier molecular flexibility index (Phi) is 3.41. The molecule has 3 rings (SSSR count). The number of benzene rings is 2. The van der Waals surface area contributed by atoms with Crippen LogP contribution in [0.5, 0.6) is 0 Å². The van der Waals surface area contributed by atoms with Crippen molar-refractivity contribution in [1.29, 1.82) is 0 Å². The van der Waals surface area contributed by atoms with E-state index in [1.54, 1.807) is 0 Å². The fraction of sp³-hybridized carbons (Fsp3) is 0.278. The molecule has 1 saturated heterocycles. The minimum atomic E-state index is -0.322. The summed E-state index contributed by atoms with van der Waals surface area (Å²) in [4.78, 5) is 14.5. The summed E-state index contributed by atoms with van der Waals surface area (Å²) >= 11 is 0. The second kappa shape index (κ2) is 5.22. The van der Waals surface area contributed by atoms with Gasteiger partial charge in [0.1, 0.15) is 5.78 Å². The Labute approximate surface area is 120 Å². The Bertz CT molecular complexity index is 552. The second-order valence-corrected chi connectivity index (χ2v) is 5.48. The maximum atomic E-state index is 12.1. The fourth-order valence-corrected chi connectivity index (χ4v) is 3.23. The van der Waals surface area contributed by atoms with Gasteiger partial charge in [-0.15, -0.1) is 0 Å². The largest absolute Gasteiger partial charge is 0.300 e. The van der Waals surface area contributed by atoms with Crippen molar-refractivity contribution in [2.24, 2.45) is 0 Å². The zero-order valence-corrected chi connectivity index (χ0v) is 11.8. The summed E-state index contributed by atoms with van der Waals surface area (Å²) in [6, 6.07) is 20.7. The monoisotopic (exact) mass is 265 g/mol. The first-order valence-corrected chi connectivity index (χ1v) is 7.07. The standard InChI is InChI=1S/C18H19NO/c1-19-13-12-17(20)14-18(19,15-8-4-2-5-9-15)16-10-6-3-7-11-16/h2-11H,12-14H2,1H3. The van der Waals surface area contributed by atoms with Crippen molar-refractivity contribution in [3.63, 3.8) is 0 Å². The average Bonchev–Trinajstić information content (AvgIpc) is 2.51. The molecular weight excluding hydrogens is 246 g/mol. The zero-order chi connectivity index (χ0) is 14.0. The van der Waals surface area contributed by atoms with Gasteiger partial charge in [-0.3, -0.25) is 9.69 Å². The van der Waals surface area contributed by atoms with Crippen LogP contribution in [0.25, 0.3) is 0 Å². The SMILES string of the molecule is CN1CCC(=O)CC1(c1ccccc1)c1ccccc1. The van der Waals surface area contributed by atoms with Crippen molar-refractivity contribution in [1.82, 2.24) is 4.90 Å². The van der Waals surface area contributed by atoms with Gasteiger partial charge in [0.25, 0.3) is 0 Å². The fourth-order valence-electron chi connectivity index (χ4n) is 3.23. The lowest BCUT2D eigenvalue weighted by Crippen LogP contribution is -2.50. The van der Waals surface area contributed by atoms with Crippen LogP contribution in [0.3, 0.4) is 0 Å². The topological polar surface area (TPSA) is 20.3 Å². The van der Waals surface area contributed by atoms with Crippen molar-refractivity contribution in [2.75, 3.05) is 13.6 Å². The molecule has 1 heterocycles. The lowest BCUT2D eigenvalue weighted by molar-refractivity contribution is -0.125. The number of nitrogens with zero attached hydrogens (tertiary/aromatic N) is 1. The predicted octanol–water partition coefficient (Wildman–Crippen LogP) is 3.22. The van der Waals surface area contributed by atoms with Crippen molar-refractivity contribution in [3.8, 4) is 0 Å². The molecule has 2 aromatic carbocycles. The summed E-state index contributed by atoms with van der Waals surface area (Å²) in [5, 5.41) is 0. The highest BCUT2D eigenvalue weighted by Gasteiger charge is 2.42. The maximum Gasteiger partial charge on any atom is 0.136 e. The van der Waals surface area contributed by atoms with E-state index in [0.29, 0.717) is 18.6 Å². The third kappa shape index (κ3) is 2.06. The molecule has 0 bridgehead atoms. The summed E-state index contributed by atoms with van der Waals surface area (Å²) < 4.78 is 0. The van der Waals surface area contributed by atoms with Crippen LogP contribution in [0, 0.1) is 0 Å². The molecule has 0 aliphatic carbocycles. The van der Waals surface area contributed by atoms with Crippen molar-refractivity contribution in [3.05, 3.63) is 71.8 Å². The summed E-state index contributed by atoms with van der Waals surface area (Å²) in [7, 11) is 2.12. The van der Waals surface area contributed by atoms with Gasteiger partial charge in [0.15, 0.2) is 0 Å². The van der Waals surface area contributed by atoms with Crippen molar-refractivity contribution >= 4 is 5.78 Å². The van der Waals surface area contributed by atoms with Gasteiger partial charge in [0.2, 0.25) is 0 Å². The van der Waals surface area contributed by atoms with Gasteiger partial charge in [-0.2, -0.15) is 0 Å². The number of rotatable bonds is 2. The Balaban J connectivity index is 2.19. The molecule has 2 heteroatoms. The van der Waals surface area contributed by atoms with E-state index in [0.717, 1.165) is 6.54 Å². The molecule has 0 aromatic heterocycles. The van der Waals surface area contributed by atoms with Crippen LogP contribution in [0.1, 0.15) is 24.0 Å². The first-order valence-electron chi connectivity index (χ1n) is 7.07. The smallest absolute Gasteiger partial charge is 0.136 e. The van der Waals surface area contributed by atoms with E-state index in [9.17, 15) is 4.79 Å². The van der Waals surface area contributed by atoms with Gasteiger partial charge >= 0.3 is 0 Å². The van der Waals surface area contributed by atoms with E-state index in [2.05, 4.69) is 36.2 Å². The number of hydrogen-bond acceptors (Lipinski definition) is 2. The number of likely N-dealkylation sites (tertiary alicyclic amines) is 1. The normalized spacial score (nSPS) is 18.9. The van der Waals surface area contributed by atoms with Crippen molar-refractivity contribution in [2.45, 2.75) is 18.4 Å². The Morgan fingerprint density at radius 3 is 1.90 bits per heavy atom. The molecule has 0 unspecified atom stereocenters. The molecule has 0 spiro atoms. The zero-order valence-electron chi connectivity index (χ0n) is 11.8. The third-order valence-corrected chi connectivity index (χ3v) is 4.33. The molecule has 0 amide bonds. The molecule has 0 radical (unpaired) electrons. The van der Waals surface area contributed by atoms with Gasteiger partial charge < -0.3 is 0 Å². The number of carbonyl (C=O) groups is 1. The van der Waals surface area contributed by atoms with Gasteiger partial charge in [0, 0.05) is 19.4 Å². The van der Waals surface area contributed by atoms with E-state index in [-0.39, 0.29) is 5.54 Å². The van der Waals surface area contributed by atoms with Gasteiger partial charge in [0.05, 0.1) is 5.54 Å². The summed E-state index contributed by atoms with van der Waals surface area (Å²) in [6.07, 6.45) is 1.20. The molecule has 0 atom stereocenters. The van der Waals surface area contributed by atoms with E-state index < -0.39 is 0 Å². The molecule has 102 valence electrons. The number of hydrogen-bond donors (Lipinski definition) is 0. The molecule has 0 N–H and O–H groups in total. The average molecular weight is 265 g/mol. The summed E-state index contributed by atoms with van der Waals surface area (Å²) in [5.41, 5.74) is 2.07. The molecule has 1 fully saturated rings. The van der Waals surface area contributed by atoms with E-state index in [4.69, 9.17) is 0 Å². The quantitative estimate of drug-likeness (QED) is 0.831. The lowest BCUT2D eigenvalue weighted by Gasteiger charge is -2.45. The van der Waals surface area contributed by atoms with Gasteiger partial charge in [-0.1, -0.05) is 60.7 Å². The molecular formula is C18H19NO. The third-order valence-electron chi connectivity index (χ3n) is 4.33. The Morgan fingerprint density at radius 1 is 0.900 bits per heavy atom. The molecule has 2 aromatic rings. The number of ketones is 1. The number of Topliss-reactive ketones (excluding diaryl/α,β-unsaturated/α-hetero) is 1. The van der Waals surface area contributed by atoms with Crippen LogP contribution in [0.4, 0.5) is 0 Å². The van der Waals surface area contributed by atoms with Crippen LogP contribution >= 0.6 is 0 Å². The number of carbonyl (C=O) groups excluding carboxylic acids is 1.